The van der Waals surface area contributed by atoms with E-state index in [-0.39, 0.29) is 24.3 Å². The maximum atomic E-state index is 12.3. The molecule has 0 saturated heterocycles. The first-order valence-corrected chi connectivity index (χ1v) is 7.70. The zero-order valence-electron chi connectivity index (χ0n) is 13.3. The average Bonchev–Trinajstić information content (AvgIpc) is 3.08. The molecule has 0 spiro atoms. The summed E-state index contributed by atoms with van der Waals surface area (Å²) in [5.74, 6) is 1.70. The van der Waals surface area contributed by atoms with E-state index in [9.17, 15) is 4.79 Å². The number of aromatic nitrogens is 2. The molecule has 2 N–H and O–H groups in total. The van der Waals surface area contributed by atoms with Crippen molar-refractivity contribution in [3.05, 3.63) is 35.5 Å². The molecular formula is C16H19N3O5. The van der Waals surface area contributed by atoms with Crippen LogP contribution in [0.15, 0.2) is 22.7 Å². The highest BCUT2D eigenvalue weighted by Crippen LogP contribution is 2.35. The lowest BCUT2D eigenvalue weighted by Gasteiger charge is -2.25. The Bertz CT molecular complexity index is 715. The highest BCUT2D eigenvalue weighted by molar-refractivity contribution is 5.79. The summed E-state index contributed by atoms with van der Waals surface area (Å²) in [4.78, 5) is 16.3. The standard InChI is InChI=1S/C16H19N3O5/c1-22-12-4-2-3-10-7-11(9-23-15(10)12)16(21)17-6-5-13-18-14(8-20)24-19-13/h2-4,11,20H,5-9H2,1H3,(H,17,21)/t11-/m0/s1. The normalized spacial score (nSPS) is 16.2. The van der Waals surface area contributed by atoms with Crippen LogP contribution in [0.25, 0.3) is 0 Å². The molecule has 3 rings (SSSR count). The zero-order chi connectivity index (χ0) is 16.9. The van der Waals surface area contributed by atoms with Crippen LogP contribution >= 0.6 is 0 Å². The van der Waals surface area contributed by atoms with Crippen LogP contribution in [-0.2, 0) is 24.2 Å². The van der Waals surface area contributed by atoms with Crippen molar-refractivity contribution in [2.24, 2.45) is 5.92 Å². The van der Waals surface area contributed by atoms with E-state index in [1.165, 1.54) is 0 Å². The van der Waals surface area contributed by atoms with Gasteiger partial charge in [0.05, 0.1) is 13.0 Å². The molecule has 8 nitrogen and oxygen atoms in total. The lowest BCUT2D eigenvalue weighted by molar-refractivity contribution is -0.126. The number of carbonyl (C=O) groups is 1. The van der Waals surface area contributed by atoms with Gasteiger partial charge >= 0.3 is 0 Å². The molecule has 1 amide bonds. The molecule has 128 valence electrons. The minimum absolute atomic E-state index is 0.0747. The second-order valence-corrected chi connectivity index (χ2v) is 5.46. The third-order valence-electron chi connectivity index (χ3n) is 3.84. The fourth-order valence-corrected chi connectivity index (χ4v) is 2.62. The number of ether oxygens (including phenoxy) is 2. The minimum Gasteiger partial charge on any atom is -0.493 e. The minimum atomic E-state index is -0.290. The van der Waals surface area contributed by atoms with Crippen LogP contribution in [-0.4, -0.2) is 41.4 Å². The second-order valence-electron chi connectivity index (χ2n) is 5.46. The van der Waals surface area contributed by atoms with Gasteiger partial charge in [0, 0.05) is 13.0 Å². The van der Waals surface area contributed by atoms with Crippen LogP contribution in [0.3, 0.4) is 0 Å². The number of nitrogens with zero attached hydrogens (tertiary/aromatic N) is 2. The predicted molar refractivity (Wildman–Crippen MR) is 82.6 cm³/mol. The van der Waals surface area contributed by atoms with Crippen molar-refractivity contribution < 1.29 is 23.9 Å². The molecule has 1 aliphatic heterocycles. The van der Waals surface area contributed by atoms with Gasteiger partial charge in [-0.25, -0.2) is 0 Å². The van der Waals surface area contributed by atoms with Crippen molar-refractivity contribution in [2.75, 3.05) is 20.3 Å². The topological polar surface area (TPSA) is 107 Å². The third kappa shape index (κ3) is 3.48. The Morgan fingerprint density at radius 1 is 1.50 bits per heavy atom. The van der Waals surface area contributed by atoms with E-state index >= 15 is 0 Å². The number of para-hydroxylation sites is 1. The second kappa shape index (κ2) is 7.31. The van der Waals surface area contributed by atoms with E-state index in [0.29, 0.717) is 43.3 Å². The maximum Gasteiger partial charge on any atom is 0.252 e. The van der Waals surface area contributed by atoms with E-state index in [4.69, 9.17) is 19.1 Å². The molecule has 1 atom stereocenters. The van der Waals surface area contributed by atoms with Gasteiger partial charge in [0.2, 0.25) is 5.91 Å². The lowest BCUT2D eigenvalue weighted by Crippen LogP contribution is -2.38. The highest BCUT2D eigenvalue weighted by atomic mass is 16.5. The Morgan fingerprint density at radius 3 is 3.12 bits per heavy atom. The first-order chi connectivity index (χ1) is 11.7. The van der Waals surface area contributed by atoms with Crippen molar-refractivity contribution in [3.63, 3.8) is 0 Å². The largest absolute Gasteiger partial charge is 0.493 e. The summed E-state index contributed by atoms with van der Waals surface area (Å²) in [6.45, 7) is 0.419. The molecule has 0 unspecified atom stereocenters. The fourth-order valence-electron chi connectivity index (χ4n) is 2.62. The van der Waals surface area contributed by atoms with E-state index in [2.05, 4.69) is 15.5 Å². The summed E-state index contributed by atoms with van der Waals surface area (Å²) in [6, 6.07) is 5.66. The van der Waals surface area contributed by atoms with Gasteiger partial charge in [0.15, 0.2) is 17.3 Å². The van der Waals surface area contributed by atoms with Crippen molar-refractivity contribution in [1.29, 1.82) is 0 Å². The Balaban J connectivity index is 1.52. The van der Waals surface area contributed by atoms with Crippen LogP contribution in [0.4, 0.5) is 0 Å². The van der Waals surface area contributed by atoms with Gasteiger partial charge in [-0.1, -0.05) is 17.3 Å². The summed E-state index contributed by atoms with van der Waals surface area (Å²) in [7, 11) is 1.60. The molecule has 0 saturated carbocycles. The Kier molecular flexibility index (Phi) is 4.95. The zero-order valence-corrected chi connectivity index (χ0v) is 13.3. The first kappa shape index (κ1) is 16.3. The lowest BCUT2D eigenvalue weighted by atomic mass is 9.95. The van der Waals surface area contributed by atoms with Gasteiger partial charge in [0.25, 0.3) is 5.89 Å². The van der Waals surface area contributed by atoms with Gasteiger partial charge in [-0.2, -0.15) is 4.98 Å². The van der Waals surface area contributed by atoms with Crippen molar-refractivity contribution in [1.82, 2.24) is 15.5 Å². The van der Waals surface area contributed by atoms with E-state index < -0.39 is 0 Å². The molecule has 1 aliphatic rings. The van der Waals surface area contributed by atoms with Gasteiger partial charge < -0.3 is 24.4 Å². The van der Waals surface area contributed by atoms with Crippen molar-refractivity contribution in [3.8, 4) is 11.5 Å². The Morgan fingerprint density at radius 2 is 2.38 bits per heavy atom. The van der Waals surface area contributed by atoms with Crippen molar-refractivity contribution >= 4 is 5.91 Å². The molecule has 8 heteroatoms. The molecule has 24 heavy (non-hydrogen) atoms. The number of hydrogen-bond donors (Lipinski definition) is 2. The molecular weight excluding hydrogens is 314 g/mol. The number of amides is 1. The van der Waals surface area contributed by atoms with Crippen LogP contribution < -0.4 is 14.8 Å². The third-order valence-corrected chi connectivity index (χ3v) is 3.84. The number of aliphatic hydroxyl groups excluding tert-OH is 1. The number of methoxy groups -OCH3 is 1. The van der Waals surface area contributed by atoms with Crippen LogP contribution in [0.2, 0.25) is 0 Å². The highest BCUT2D eigenvalue weighted by Gasteiger charge is 2.27. The number of benzene rings is 1. The summed E-state index contributed by atoms with van der Waals surface area (Å²) in [5.41, 5.74) is 0.964. The SMILES string of the molecule is COc1cccc2c1OC[C@@H](C(=O)NCCc1noc(CO)n1)C2. The summed E-state index contributed by atoms with van der Waals surface area (Å²) in [5, 5.41) is 15.4. The van der Waals surface area contributed by atoms with E-state index in [1.807, 2.05) is 18.2 Å². The molecule has 2 aromatic rings. The van der Waals surface area contributed by atoms with Gasteiger partial charge in [0.1, 0.15) is 13.2 Å². The average molecular weight is 333 g/mol. The number of hydrogen-bond acceptors (Lipinski definition) is 7. The quantitative estimate of drug-likeness (QED) is 0.792. The number of carbonyl (C=O) groups excluding carboxylic acids is 1. The predicted octanol–water partition coefficient (Wildman–Crippen LogP) is 0.480. The molecule has 0 fully saturated rings. The number of aliphatic hydroxyl groups is 1. The molecule has 1 aromatic carbocycles. The summed E-state index contributed by atoms with van der Waals surface area (Å²) < 4.78 is 15.8. The van der Waals surface area contributed by atoms with E-state index in [0.717, 1.165) is 5.56 Å². The van der Waals surface area contributed by atoms with Crippen LogP contribution in [0, 0.1) is 5.92 Å². The van der Waals surface area contributed by atoms with Crippen LogP contribution in [0.5, 0.6) is 11.5 Å². The molecule has 2 heterocycles. The molecule has 0 radical (unpaired) electrons. The fraction of sp³-hybridized carbons (Fsp3) is 0.438. The monoisotopic (exact) mass is 333 g/mol. The first-order valence-electron chi connectivity index (χ1n) is 7.70. The van der Waals surface area contributed by atoms with Crippen LogP contribution in [0.1, 0.15) is 17.3 Å². The van der Waals surface area contributed by atoms with Crippen molar-refractivity contribution in [2.45, 2.75) is 19.4 Å². The van der Waals surface area contributed by atoms with E-state index in [1.54, 1.807) is 7.11 Å². The molecule has 0 aliphatic carbocycles. The number of rotatable bonds is 6. The molecule has 1 aromatic heterocycles. The van der Waals surface area contributed by atoms with Gasteiger partial charge in [-0.05, 0) is 18.1 Å². The number of fused-ring (bicyclic) bond motifs is 1. The Labute approximate surface area is 138 Å². The Hall–Kier alpha value is -2.61. The van der Waals surface area contributed by atoms with Gasteiger partial charge in [-0.3, -0.25) is 4.79 Å². The summed E-state index contributed by atoms with van der Waals surface area (Å²) >= 11 is 0. The maximum absolute atomic E-state index is 12.3. The summed E-state index contributed by atoms with van der Waals surface area (Å²) in [6.07, 6.45) is 1.04. The van der Waals surface area contributed by atoms with Gasteiger partial charge in [-0.15, -0.1) is 0 Å². The molecule has 0 bridgehead atoms. The smallest absolute Gasteiger partial charge is 0.252 e. The number of nitrogens with one attached hydrogen (secondary N) is 1.